The summed E-state index contributed by atoms with van der Waals surface area (Å²) in [6.07, 6.45) is 0.914. The third-order valence-electron chi connectivity index (χ3n) is 6.33. The number of hydrogen-bond acceptors (Lipinski definition) is 4. The van der Waals surface area contributed by atoms with Crippen molar-refractivity contribution >= 4 is 28.3 Å². The van der Waals surface area contributed by atoms with Crippen molar-refractivity contribution in [2.45, 2.75) is 57.7 Å². The van der Waals surface area contributed by atoms with Crippen molar-refractivity contribution < 1.29 is 14.8 Å². The van der Waals surface area contributed by atoms with E-state index in [-0.39, 0.29) is 17.9 Å². The summed E-state index contributed by atoms with van der Waals surface area (Å²) < 4.78 is 0. The minimum Gasteiger partial charge on any atom is -0.377 e. The van der Waals surface area contributed by atoms with E-state index in [0.717, 1.165) is 21.5 Å². The van der Waals surface area contributed by atoms with Gasteiger partial charge in [-0.2, -0.15) is 0 Å². The number of anilines is 1. The summed E-state index contributed by atoms with van der Waals surface area (Å²) >= 11 is 0. The predicted octanol–water partition coefficient (Wildman–Crippen LogP) is 3.87. The van der Waals surface area contributed by atoms with Crippen molar-refractivity contribution in [3.05, 3.63) is 41.5 Å². The molecule has 153 valence electrons. The van der Waals surface area contributed by atoms with Gasteiger partial charge in [-0.05, 0) is 58.7 Å². The summed E-state index contributed by atoms with van der Waals surface area (Å²) in [5.74, 6) is -0.528. The van der Waals surface area contributed by atoms with E-state index in [4.69, 9.17) is 0 Å². The van der Waals surface area contributed by atoms with E-state index in [1.54, 1.807) is 6.07 Å². The first kappa shape index (κ1) is 19.9. The Morgan fingerprint density at radius 3 is 2.00 bits per heavy atom. The highest BCUT2D eigenvalue weighted by molar-refractivity contribution is 6.27. The summed E-state index contributed by atoms with van der Waals surface area (Å²) in [5, 5.41) is 15.5. The Bertz CT molecular complexity index is 985. The average Bonchev–Trinajstić information content (AvgIpc) is 2.63. The number of imide groups is 1. The Labute approximate surface area is 171 Å². The van der Waals surface area contributed by atoms with Crippen molar-refractivity contribution in [1.82, 2.24) is 9.96 Å². The molecule has 2 aromatic rings. The molecule has 6 nitrogen and oxygen atoms in total. The fraction of sp³-hybridized carbons (Fsp3) is 0.478. The fourth-order valence-electron chi connectivity index (χ4n) is 5.21. The third kappa shape index (κ3) is 2.85. The zero-order chi connectivity index (χ0) is 21.3. The summed E-state index contributed by atoms with van der Waals surface area (Å²) in [7, 11) is 3.90. The second-order valence-corrected chi connectivity index (χ2v) is 9.72. The Morgan fingerprint density at radius 1 is 0.897 bits per heavy atom. The van der Waals surface area contributed by atoms with Crippen LogP contribution in [0.15, 0.2) is 30.3 Å². The second kappa shape index (κ2) is 6.28. The molecular formula is C23H28N3O3. The Morgan fingerprint density at radius 2 is 1.45 bits per heavy atom. The minimum atomic E-state index is -0.659. The van der Waals surface area contributed by atoms with Crippen LogP contribution in [0.5, 0.6) is 0 Å². The van der Waals surface area contributed by atoms with Gasteiger partial charge in [-0.1, -0.05) is 12.1 Å². The Hall–Kier alpha value is -2.44. The predicted molar refractivity (Wildman–Crippen MR) is 112 cm³/mol. The largest absolute Gasteiger partial charge is 0.377 e. The van der Waals surface area contributed by atoms with Gasteiger partial charge in [0.25, 0.3) is 11.8 Å². The van der Waals surface area contributed by atoms with Crippen molar-refractivity contribution in [2.75, 3.05) is 19.0 Å². The van der Waals surface area contributed by atoms with Gasteiger partial charge >= 0.3 is 0 Å². The summed E-state index contributed by atoms with van der Waals surface area (Å²) in [6, 6.07) is 9.06. The van der Waals surface area contributed by atoms with E-state index in [1.807, 2.05) is 71.0 Å². The van der Waals surface area contributed by atoms with Gasteiger partial charge in [0.1, 0.15) is 0 Å². The molecule has 2 aliphatic rings. The highest BCUT2D eigenvalue weighted by atomic mass is 16.5. The molecule has 0 atom stereocenters. The summed E-state index contributed by atoms with van der Waals surface area (Å²) in [5.41, 5.74) is 0.769. The number of nitrogens with zero attached hydrogens (tertiary/aromatic N) is 3. The first-order valence-corrected chi connectivity index (χ1v) is 10.0. The molecule has 0 saturated carbocycles. The van der Waals surface area contributed by atoms with Gasteiger partial charge in [0.05, 0.1) is 0 Å². The standard InChI is InChI=1S/C23H28N3O3/c1-22(2)12-14(13-23(3,4)26(22)29)25-20(27)16-9-7-8-15-18(24(5)6)11-10-17(19(15)16)21(25)28/h7-11,14H,12-13H2,1-6H3. The van der Waals surface area contributed by atoms with Crippen LogP contribution in [0.4, 0.5) is 5.69 Å². The number of carbonyl (C=O) groups excluding carboxylic acids is 2. The molecule has 2 aliphatic heterocycles. The lowest BCUT2D eigenvalue weighted by Crippen LogP contribution is -2.64. The van der Waals surface area contributed by atoms with Crippen molar-refractivity contribution in [3.8, 4) is 0 Å². The number of hydroxylamine groups is 2. The van der Waals surface area contributed by atoms with Crippen molar-refractivity contribution in [1.29, 1.82) is 0 Å². The van der Waals surface area contributed by atoms with Gasteiger partial charge in [-0.15, -0.1) is 10.3 Å². The summed E-state index contributed by atoms with van der Waals surface area (Å²) in [6.45, 7) is 7.52. The smallest absolute Gasteiger partial charge is 0.261 e. The second-order valence-electron chi connectivity index (χ2n) is 9.72. The first-order chi connectivity index (χ1) is 13.5. The van der Waals surface area contributed by atoms with Crippen molar-refractivity contribution in [2.24, 2.45) is 0 Å². The number of piperidine rings is 1. The molecule has 1 saturated heterocycles. The van der Waals surface area contributed by atoms with Crippen LogP contribution in [0.25, 0.3) is 10.8 Å². The number of rotatable bonds is 2. The van der Waals surface area contributed by atoms with Gasteiger partial charge in [0.15, 0.2) is 0 Å². The lowest BCUT2D eigenvalue weighted by atomic mass is 9.77. The maximum Gasteiger partial charge on any atom is 0.261 e. The lowest BCUT2D eigenvalue weighted by Gasteiger charge is -2.52. The molecule has 2 aromatic carbocycles. The Kier molecular flexibility index (Phi) is 4.30. The quantitative estimate of drug-likeness (QED) is 0.726. The van der Waals surface area contributed by atoms with E-state index in [9.17, 15) is 14.8 Å². The number of benzene rings is 2. The maximum atomic E-state index is 13.5. The van der Waals surface area contributed by atoms with Crippen LogP contribution < -0.4 is 4.90 Å². The number of amides is 2. The molecule has 1 radical (unpaired) electrons. The van der Waals surface area contributed by atoms with E-state index < -0.39 is 11.1 Å². The highest BCUT2D eigenvalue weighted by Crippen LogP contribution is 2.42. The lowest BCUT2D eigenvalue weighted by molar-refractivity contribution is -0.292. The molecule has 0 N–H and O–H groups in total. The minimum absolute atomic E-state index is 0.264. The topological polar surface area (TPSA) is 63.8 Å². The van der Waals surface area contributed by atoms with Gasteiger partial charge in [0.2, 0.25) is 0 Å². The van der Waals surface area contributed by atoms with Gasteiger partial charge in [-0.3, -0.25) is 14.5 Å². The van der Waals surface area contributed by atoms with Crippen LogP contribution in [0.3, 0.4) is 0 Å². The molecule has 2 amide bonds. The zero-order valence-electron chi connectivity index (χ0n) is 17.9. The molecule has 29 heavy (non-hydrogen) atoms. The van der Waals surface area contributed by atoms with Crippen LogP contribution in [-0.4, -0.2) is 53.0 Å². The average molecular weight is 394 g/mol. The van der Waals surface area contributed by atoms with Crippen LogP contribution in [-0.2, 0) is 5.21 Å². The van der Waals surface area contributed by atoms with Gasteiger partial charge < -0.3 is 4.90 Å². The monoisotopic (exact) mass is 394 g/mol. The zero-order valence-corrected chi connectivity index (χ0v) is 17.9. The number of hydrogen-bond donors (Lipinski definition) is 0. The van der Waals surface area contributed by atoms with Crippen LogP contribution in [0.1, 0.15) is 61.3 Å². The van der Waals surface area contributed by atoms with E-state index >= 15 is 0 Å². The van der Waals surface area contributed by atoms with Gasteiger partial charge in [0, 0.05) is 58.8 Å². The van der Waals surface area contributed by atoms with Gasteiger partial charge in [-0.25, -0.2) is 0 Å². The SMILES string of the molecule is CN(C)c1ccc2c3c(cccc13)C(=O)N(C1CC(C)(C)N([O])C(C)(C)C1)C2=O. The number of carbonyl (C=O) groups is 2. The normalized spacial score (nSPS) is 21.7. The molecule has 0 aromatic heterocycles. The molecular weight excluding hydrogens is 366 g/mol. The highest BCUT2D eigenvalue weighted by Gasteiger charge is 2.50. The van der Waals surface area contributed by atoms with Crippen LogP contribution >= 0.6 is 0 Å². The van der Waals surface area contributed by atoms with Crippen molar-refractivity contribution in [3.63, 3.8) is 0 Å². The molecule has 0 spiro atoms. The molecule has 0 unspecified atom stereocenters. The molecule has 4 rings (SSSR count). The first-order valence-electron chi connectivity index (χ1n) is 10.0. The molecule has 2 heterocycles. The van der Waals surface area contributed by atoms with E-state index in [1.165, 1.54) is 4.90 Å². The fourth-order valence-corrected chi connectivity index (χ4v) is 5.21. The third-order valence-corrected chi connectivity index (χ3v) is 6.33. The molecule has 0 bridgehead atoms. The molecule has 1 fully saturated rings. The van der Waals surface area contributed by atoms with Crippen LogP contribution in [0, 0.1) is 0 Å². The van der Waals surface area contributed by atoms with E-state index in [2.05, 4.69) is 0 Å². The molecule has 6 heteroatoms. The van der Waals surface area contributed by atoms with E-state index in [0.29, 0.717) is 24.0 Å². The van der Waals surface area contributed by atoms with Crippen LogP contribution in [0.2, 0.25) is 0 Å². The Balaban J connectivity index is 1.84. The molecule has 0 aliphatic carbocycles. The maximum absolute atomic E-state index is 13.5. The summed E-state index contributed by atoms with van der Waals surface area (Å²) in [4.78, 5) is 30.4.